The van der Waals surface area contributed by atoms with Crippen LogP contribution in [0.1, 0.15) is 29.8 Å². The topological polar surface area (TPSA) is 54.3 Å². The van der Waals surface area contributed by atoms with Crippen LogP contribution < -0.4 is 0 Å². The third-order valence-corrected chi connectivity index (χ3v) is 5.55. The highest BCUT2D eigenvalue weighted by Crippen LogP contribution is 2.25. The van der Waals surface area contributed by atoms with Crippen molar-refractivity contribution < 1.29 is 4.79 Å². The molecule has 0 saturated carbocycles. The van der Waals surface area contributed by atoms with Gasteiger partial charge in [-0.1, -0.05) is 24.3 Å². The lowest BCUT2D eigenvalue weighted by Gasteiger charge is -2.36. The van der Waals surface area contributed by atoms with Gasteiger partial charge in [-0.2, -0.15) is 0 Å². The van der Waals surface area contributed by atoms with Gasteiger partial charge in [0.1, 0.15) is 12.2 Å². The second-order valence-corrected chi connectivity index (χ2v) is 7.19. The molecule has 0 aliphatic carbocycles. The second kappa shape index (κ2) is 6.96. The van der Waals surface area contributed by atoms with Gasteiger partial charge in [0.15, 0.2) is 0 Å². The third-order valence-electron chi connectivity index (χ3n) is 5.55. The first-order valence-corrected chi connectivity index (χ1v) is 9.11. The molecule has 6 heteroatoms. The predicted octanol–water partition coefficient (Wildman–Crippen LogP) is 1.61. The second-order valence-electron chi connectivity index (χ2n) is 7.19. The minimum absolute atomic E-state index is 0.168. The van der Waals surface area contributed by atoms with E-state index in [0.29, 0.717) is 5.91 Å². The molecule has 3 heterocycles. The van der Waals surface area contributed by atoms with E-state index in [0.717, 1.165) is 57.8 Å². The van der Waals surface area contributed by atoms with Gasteiger partial charge >= 0.3 is 0 Å². The van der Waals surface area contributed by atoms with Crippen molar-refractivity contribution in [2.75, 3.05) is 19.6 Å². The van der Waals surface area contributed by atoms with Crippen LogP contribution in [0.2, 0.25) is 0 Å². The first-order valence-electron chi connectivity index (χ1n) is 9.11. The maximum Gasteiger partial charge on any atom is 0.226 e. The maximum atomic E-state index is 12.9. The van der Waals surface area contributed by atoms with Crippen molar-refractivity contribution in [3.05, 3.63) is 47.5 Å². The molecule has 1 saturated heterocycles. The highest BCUT2D eigenvalue weighted by molar-refractivity contribution is 5.79. The minimum Gasteiger partial charge on any atom is -0.338 e. The fourth-order valence-electron chi connectivity index (χ4n) is 3.93. The smallest absolute Gasteiger partial charge is 0.226 e. The van der Waals surface area contributed by atoms with Gasteiger partial charge in [-0.05, 0) is 43.5 Å². The van der Waals surface area contributed by atoms with E-state index < -0.39 is 0 Å². The van der Waals surface area contributed by atoms with Crippen molar-refractivity contribution in [2.45, 2.75) is 32.4 Å². The summed E-state index contributed by atoms with van der Waals surface area (Å²) in [4.78, 5) is 17.4. The highest BCUT2D eigenvalue weighted by Gasteiger charge is 2.30. The number of aromatic nitrogens is 3. The summed E-state index contributed by atoms with van der Waals surface area (Å²) in [5.41, 5.74) is 2.70. The zero-order valence-electron chi connectivity index (χ0n) is 14.8. The average molecular weight is 339 g/mol. The van der Waals surface area contributed by atoms with Crippen LogP contribution >= 0.6 is 0 Å². The molecule has 0 spiro atoms. The van der Waals surface area contributed by atoms with Gasteiger partial charge in [-0.3, -0.25) is 9.69 Å². The number of hydrogen-bond acceptors (Lipinski definition) is 4. The fourth-order valence-corrected chi connectivity index (χ4v) is 3.93. The van der Waals surface area contributed by atoms with Crippen LogP contribution in [0, 0.1) is 5.92 Å². The van der Waals surface area contributed by atoms with E-state index in [4.69, 9.17) is 0 Å². The quantitative estimate of drug-likeness (QED) is 0.853. The molecule has 0 N–H and O–H groups in total. The number of piperidine rings is 1. The van der Waals surface area contributed by atoms with Crippen LogP contribution in [0.4, 0.5) is 0 Å². The van der Waals surface area contributed by atoms with Crippen LogP contribution in [0.25, 0.3) is 0 Å². The zero-order valence-corrected chi connectivity index (χ0v) is 14.8. The first-order chi connectivity index (χ1) is 12.2. The molecule has 2 aliphatic rings. The lowest BCUT2D eigenvalue weighted by Crippen LogP contribution is -2.44. The normalized spacial score (nSPS) is 19.0. The Balaban J connectivity index is 1.32. The lowest BCUT2D eigenvalue weighted by atomic mass is 9.93. The van der Waals surface area contributed by atoms with Crippen LogP contribution in [-0.4, -0.2) is 50.1 Å². The number of benzene rings is 1. The van der Waals surface area contributed by atoms with Crippen molar-refractivity contribution in [3.8, 4) is 0 Å². The van der Waals surface area contributed by atoms with E-state index >= 15 is 0 Å². The highest BCUT2D eigenvalue weighted by atomic mass is 16.2. The van der Waals surface area contributed by atoms with Gasteiger partial charge in [0.2, 0.25) is 5.91 Å². The Bertz CT molecular complexity index is 748. The Labute approximate surface area is 148 Å². The molecule has 132 valence electrons. The Morgan fingerprint density at radius 1 is 1.16 bits per heavy atom. The number of likely N-dealkylation sites (tertiary alicyclic amines) is 1. The summed E-state index contributed by atoms with van der Waals surface area (Å²) in [5.74, 6) is 1.49. The molecule has 2 aromatic rings. The van der Waals surface area contributed by atoms with Gasteiger partial charge in [0.25, 0.3) is 0 Å². The van der Waals surface area contributed by atoms with Gasteiger partial charge in [-0.15, -0.1) is 10.2 Å². The minimum atomic E-state index is 0.168. The van der Waals surface area contributed by atoms with E-state index in [1.807, 2.05) is 11.6 Å². The van der Waals surface area contributed by atoms with Crippen molar-refractivity contribution >= 4 is 5.91 Å². The van der Waals surface area contributed by atoms with Crippen LogP contribution in [0.5, 0.6) is 0 Å². The van der Waals surface area contributed by atoms with Gasteiger partial charge in [0.05, 0.1) is 6.54 Å². The Morgan fingerprint density at radius 2 is 1.92 bits per heavy atom. The van der Waals surface area contributed by atoms with Crippen LogP contribution in [-0.2, 0) is 31.4 Å². The number of nitrogens with zero attached hydrogens (tertiary/aromatic N) is 5. The number of hydrogen-bond donors (Lipinski definition) is 0. The van der Waals surface area contributed by atoms with Gasteiger partial charge < -0.3 is 9.47 Å². The van der Waals surface area contributed by atoms with Gasteiger partial charge in [-0.25, -0.2) is 0 Å². The summed E-state index contributed by atoms with van der Waals surface area (Å²) >= 11 is 0. The van der Waals surface area contributed by atoms with Crippen molar-refractivity contribution in [3.63, 3.8) is 0 Å². The number of carbonyl (C=O) groups excluding carboxylic acids is 1. The number of rotatable bonds is 3. The molecule has 0 radical (unpaired) electrons. The zero-order chi connectivity index (χ0) is 17.2. The Hall–Kier alpha value is -2.21. The molecule has 6 nitrogen and oxygen atoms in total. The summed E-state index contributed by atoms with van der Waals surface area (Å²) in [7, 11) is 1.97. The molecule has 4 rings (SSSR count). The van der Waals surface area contributed by atoms with Crippen LogP contribution in [0.3, 0.4) is 0 Å². The molecule has 1 aromatic heterocycles. The van der Waals surface area contributed by atoms with E-state index in [2.05, 4.69) is 44.3 Å². The molecule has 1 aromatic carbocycles. The van der Waals surface area contributed by atoms with Crippen LogP contribution in [0.15, 0.2) is 30.6 Å². The molecule has 1 fully saturated rings. The number of carbonyl (C=O) groups is 1. The van der Waals surface area contributed by atoms with Crippen molar-refractivity contribution in [1.29, 1.82) is 0 Å². The molecular weight excluding hydrogens is 314 g/mol. The van der Waals surface area contributed by atoms with E-state index in [9.17, 15) is 4.79 Å². The molecule has 1 amide bonds. The monoisotopic (exact) mass is 339 g/mol. The van der Waals surface area contributed by atoms with E-state index in [1.54, 1.807) is 6.33 Å². The number of aryl methyl sites for hydroxylation is 1. The van der Waals surface area contributed by atoms with Gasteiger partial charge in [0, 0.05) is 26.1 Å². The van der Waals surface area contributed by atoms with E-state index in [-0.39, 0.29) is 5.92 Å². The van der Waals surface area contributed by atoms with Crippen molar-refractivity contribution in [2.24, 2.45) is 13.0 Å². The maximum absolute atomic E-state index is 12.9. The summed E-state index contributed by atoms with van der Waals surface area (Å²) < 4.78 is 1.96. The summed E-state index contributed by atoms with van der Waals surface area (Å²) in [5, 5.41) is 8.09. The first kappa shape index (κ1) is 16.3. The average Bonchev–Trinajstić information content (AvgIpc) is 3.06. The van der Waals surface area contributed by atoms with Crippen molar-refractivity contribution in [1.82, 2.24) is 24.6 Å². The molecule has 0 unspecified atom stereocenters. The third kappa shape index (κ3) is 3.44. The molecule has 25 heavy (non-hydrogen) atoms. The number of fused-ring (bicyclic) bond motifs is 1. The summed E-state index contributed by atoms with van der Waals surface area (Å²) in [6, 6.07) is 8.49. The SMILES string of the molecule is Cn1cnnc1CN1CCC(C(=O)N2CCc3ccccc3C2)CC1. The summed E-state index contributed by atoms with van der Waals surface area (Å²) in [6.45, 7) is 4.35. The van der Waals surface area contributed by atoms with E-state index in [1.165, 1.54) is 11.1 Å². The summed E-state index contributed by atoms with van der Waals surface area (Å²) in [6.07, 6.45) is 4.59. The Kier molecular flexibility index (Phi) is 4.53. The fraction of sp³-hybridized carbons (Fsp3) is 0.526. The standard InChI is InChI=1S/C19H25N5O/c1-22-14-20-21-18(22)13-23-9-6-16(7-10-23)19(25)24-11-8-15-4-2-3-5-17(15)12-24/h2-5,14,16H,6-13H2,1H3. The number of amides is 1. The predicted molar refractivity (Wildman–Crippen MR) is 94.6 cm³/mol. The lowest BCUT2D eigenvalue weighted by molar-refractivity contribution is -0.138. The largest absolute Gasteiger partial charge is 0.338 e. The molecule has 0 bridgehead atoms. The molecule has 0 atom stereocenters. The Morgan fingerprint density at radius 3 is 2.64 bits per heavy atom. The molecule has 2 aliphatic heterocycles. The molecular formula is C19H25N5O.